The lowest BCUT2D eigenvalue weighted by atomic mass is 10.0. The number of hydrogen-bond acceptors (Lipinski definition) is 6. The number of hydrogen-bond donors (Lipinski definition) is 2. The number of amides is 3. The lowest BCUT2D eigenvalue weighted by molar-refractivity contribution is -0.136. The molecule has 0 spiro atoms. The molecule has 158 valence electrons. The first-order valence-corrected chi connectivity index (χ1v) is 10.1. The van der Waals surface area contributed by atoms with Crippen LogP contribution < -0.4 is 15.5 Å². The Labute approximate surface area is 171 Å². The van der Waals surface area contributed by atoms with Crippen molar-refractivity contribution < 1.29 is 19.2 Å². The average molecular weight is 402 g/mol. The van der Waals surface area contributed by atoms with Crippen LogP contribution in [0.3, 0.4) is 0 Å². The highest BCUT2D eigenvalue weighted by Crippen LogP contribution is 2.22. The fourth-order valence-electron chi connectivity index (χ4n) is 3.59. The van der Waals surface area contributed by atoms with E-state index >= 15 is 0 Å². The summed E-state index contributed by atoms with van der Waals surface area (Å²) in [5.74, 6) is -1.23. The molecule has 0 radical (unpaired) electrons. The van der Waals surface area contributed by atoms with Crippen LogP contribution in [0.2, 0.25) is 0 Å². The van der Waals surface area contributed by atoms with E-state index in [4.69, 9.17) is 0 Å². The molecular formula is C21H30N4O4. The molecule has 2 heterocycles. The second-order valence-electron chi connectivity index (χ2n) is 7.07. The van der Waals surface area contributed by atoms with E-state index in [-0.39, 0.29) is 24.3 Å². The maximum Gasteiger partial charge on any atom is 0.255 e. The van der Waals surface area contributed by atoms with Gasteiger partial charge in [0.05, 0.1) is 5.56 Å². The van der Waals surface area contributed by atoms with Gasteiger partial charge in [-0.25, -0.2) is 0 Å². The molecule has 8 heteroatoms. The number of likely N-dealkylation sites (N-methyl/N-ethyl adjacent to an activating group) is 1. The first-order valence-electron chi connectivity index (χ1n) is 10.1. The Bertz CT molecular complexity index is 780. The molecule has 1 aromatic carbocycles. The van der Waals surface area contributed by atoms with E-state index in [0.717, 1.165) is 25.3 Å². The molecule has 2 aliphatic rings. The van der Waals surface area contributed by atoms with Crippen molar-refractivity contribution in [1.29, 1.82) is 0 Å². The van der Waals surface area contributed by atoms with Gasteiger partial charge in [-0.2, -0.15) is 0 Å². The fourth-order valence-corrected chi connectivity index (χ4v) is 3.59. The van der Waals surface area contributed by atoms with Crippen molar-refractivity contribution in [3.8, 4) is 0 Å². The van der Waals surface area contributed by atoms with E-state index in [1.807, 2.05) is 19.9 Å². The van der Waals surface area contributed by atoms with Crippen LogP contribution in [-0.2, 0) is 9.59 Å². The number of anilines is 1. The third-order valence-corrected chi connectivity index (χ3v) is 5.12. The predicted molar refractivity (Wildman–Crippen MR) is 111 cm³/mol. The summed E-state index contributed by atoms with van der Waals surface area (Å²) in [6.07, 6.45) is 1.13. The number of nitrogens with zero attached hydrogens (tertiary/aromatic N) is 2. The summed E-state index contributed by atoms with van der Waals surface area (Å²) in [5, 5.41) is 5.61. The van der Waals surface area contributed by atoms with Crippen LogP contribution >= 0.6 is 0 Å². The molecular weight excluding hydrogens is 372 g/mol. The summed E-state index contributed by atoms with van der Waals surface area (Å²) in [7, 11) is 1.52. The number of carbonyl (C=O) groups is 4. The smallest absolute Gasteiger partial charge is 0.255 e. The topological polar surface area (TPSA) is 98.8 Å². The first kappa shape index (κ1) is 22.5. The minimum atomic E-state index is -0.719. The van der Waals surface area contributed by atoms with Gasteiger partial charge in [0, 0.05) is 50.4 Å². The maximum atomic E-state index is 12.9. The van der Waals surface area contributed by atoms with Gasteiger partial charge in [-0.1, -0.05) is 13.8 Å². The SMILES string of the molecule is CC.CC1CN(c2ccc(C(=O)N(C)C3CCC(=O)NC3=O)c(C=O)c2)CCN1. The first-order chi connectivity index (χ1) is 13.9. The molecule has 8 nitrogen and oxygen atoms in total. The van der Waals surface area contributed by atoms with E-state index in [0.29, 0.717) is 17.9 Å². The van der Waals surface area contributed by atoms with Crippen molar-refractivity contribution in [3.05, 3.63) is 29.3 Å². The van der Waals surface area contributed by atoms with Crippen molar-refractivity contribution in [2.45, 2.75) is 45.7 Å². The van der Waals surface area contributed by atoms with Crippen LogP contribution in [0.25, 0.3) is 0 Å². The Balaban J connectivity index is 0.00000145. The summed E-state index contributed by atoms with van der Waals surface area (Å²) in [4.78, 5) is 51.3. The molecule has 0 saturated carbocycles. The van der Waals surface area contributed by atoms with E-state index in [9.17, 15) is 19.2 Å². The molecule has 1 aromatic rings. The third kappa shape index (κ3) is 5.20. The van der Waals surface area contributed by atoms with Crippen molar-refractivity contribution in [2.75, 3.05) is 31.6 Å². The van der Waals surface area contributed by atoms with Crippen molar-refractivity contribution in [1.82, 2.24) is 15.5 Å². The molecule has 29 heavy (non-hydrogen) atoms. The molecule has 2 N–H and O–H groups in total. The van der Waals surface area contributed by atoms with Gasteiger partial charge in [0.25, 0.3) is 5.91 Å². The minimum Gasteiger partial charge on any atom is -0.369 e. The zero-order valence-electron chi connectivity index (χ0n) is 17.5. The maximum absolute atomic E-state index is 12.9. The molecule has 0 aromatic heterocycles. The third-order valence-electron chi connectivity index (χ3n) is 5.12. The molecule has 2 aliphatic heterocycles. The van der Waals surface area contributed by atoms with Crippen molar-refractivity contribution >= 4 is 29.7 Å². The highest BCUT2D eigenvalue weighted by molar-refractivity contribution is 6.06. The lowest BCUT2D eigenvalue weighted by Gasteiger charge is -2.34. The quantitative estimate of drug-likeness (QED) is 0.580. The molecule has 2 unspecified atom stereocenters. The molecule has 0 bridgehead atoms. The van der Waals surface area contributed by atoms with Crippen LogP contribution in [0.5, 0.6) is 0 Å². The van der Waals surface area contributed by atoms with Gasteiger partial charge in [0.2, 0.25) is 11.8 Å². The number of imide groups is 1. The van der Waals surface area contributed by atoms with Gasteiger partial charge in [-0.05, 0) is 31.5 Å². The summed E-state index contributed by atoms with van der Waals surface area (Å²) in [6.45, 7) is 8.60. The minimum absolute atomic E-state index is 0.189. The van der Waals surface area contributed by atoms with Gasteiger partial charge in [0.1, 0.15) is 6.04 Å². The molecule has 0 aliphatic carbocycles. The van der Waals surface area contributed by atoms with Gasteiger partial charge in [-0.3, -0.25) is 24.5 Å². The Morgan fingerprint density at radius 1 is 1.28 bits per heavy atom. The number of benzene rings is 1. The Morgan fingerprint density at radius 2 is 2.00 bits per heavy atom. The molecule has 2 fully saturated rings. The van der Waals surface area contributed by atoms with Crippen molar-refractivity contribution in [3.63, 3.8) is 0 Å². The summed E-state index contributed by atoms with van der Waals surface area (Å²) in [6, 6.07) is 4.81. The van der Waals surface area contributed by atoms with E-state index < -0.39 is 17.9 Å². The summed E-state index contributed by atoms with van der Waals surface area (Å²) in [5.41, 5.74) is 1.44. The van der Waals surface area contributed by atoms with Gasteiger partial charge in [-0.15, -0.1) is 0 Å². The van der Waals surface area contributed by atoms with Crippen LogP contribution in [0.15, 0.2) is 18.2 Å². The van der Waals surface area contributed by atoms with E-state index in [1.54, 1.807) is 12.1 Å². The van der Waals surface area contributed by atoms with E-state index in [1.165, 1.54) is 11.9 Å². The predicted octanol–water partition coefficient (Wildman–Crippen LogP) is 1.20. The van der Waals surface area contributed by atoms with Gasteiger partial charge >= 0.3 is 0 Å². The highest BCUT2D eigenvalue weighted by Gasteiger charge is 2.33. The Kier molecular flexibility index (Phi) is 7.90. The number of carbonyl (C=O) groups excluding carboxylic acids is 4. The number of nitrogens with one attached hydrogen (secondary N) is 2. The second-order valence-corrected chi connectivity index (χ2v) is 7.07. The zero-order valence-corrected chi connectivity index (χ0v) is 17.5. The van der Waals surface area contributed by atoms with Crippen molar-refractivity contribution in [2.24, 2.45) is 0 Å². The number of piperazine rings is 1. The zero-order chi connectivity index (χ0) is 21.6. The van der Waals surface area contributed by atoms with Gasteiger partial charge < -0.3 is 15.1 Å². The second kappa shape index (κ2) is 10.2. The number of piperidine rings is 1. The average Bonchev–Trinajstić information content (AvgIpc) is 2.73. The summed E-state index contributed by atoms with van der Waals surface area (Å²) < 4.78 is 0. The van der Waals surface area contributed by atoms with Crippen LogP contribution in [-0.4, -0.2) is 67.7 Å². The molecule has 2 atom stereocenters. The standard InChI is InChI=1S/C19H24N4O4.C2H6/c1-12-10-23(8-7-20-12)14-3-4-15(13(9-14)11-24)19(27)22(2)16-5-6-17(25)21-18(16)26;1-2/h3-4,9,11-12,16,20H,5-8,10H2,1-2H3,(H,21,25,26);1-2H3. The lowest BCUT2D eigenvalue weighted by Crippen LogP contribution is -2.53. The highest BCUT2D eigenvalue weighted by atomic mass is 16.2. The van der Waals surface area contributed by atoms with Crippen LogP contribution in [0, 0.1) is 0 Å². The monoisotopic (exact) mass is 402 g/mol. The number of aldehydes is 1. The molecule has 3 amide bonds. The normalized spacial score (nSPS) is 21.6. The Hall–Kier alpha value is -2.74. The molecule has 3 rings (SSSR count). The number of rotatable bonds is 4. The fraction of sp³-hybridized carbons (Fsp3) is 0.524. The summed E-state index contributed by atoms with van der Waals surface area (Å²) >= 11 is 0. The van der Waals surface area contributed by atoms with Crippen LogP contribution in [0.1, 0.15) is 54.3 Å². The largest absolute Gasteiger partial charge is 0.369 e. The van der Waals surface area contributed by atoms with Gasteiger partial charge in [0.15, 0.2) is 6.29 Å². The van der Waals surface area contributed by atoms with E-state index in [2.05, 4.69) is 22.5 Å². The Morgan fingerprint density at radius 3 is 2.62 bits per heavy atom. The van der Waals surface area contributed by atoms with Crippen LogP contribution in [0.4, 0.5) is 5.69 Å². The molecule has 2 saturated heterocycles.